The summed E-state index contributed by atoms with van der Waals surface area (Å²) < 4.78 is 18.5. The van der Waals surface area contributed by atoms with Gasteiger partial charge in [0.2, 0.25) is 0 Å². The first kappa shape index (κ1) is 15.3. The largest absolute Gasteiger partial charge is 0.356 e. The smallest absolute Gasteiger partial charge is 0.274 e. The number of carbonyl (C=O) groups is 1. The van der Waals surface area contributed by atoms with Crippen molar-refractivity contribution >= 4 is 5.91 Å². The molecular weight excluding hydrogens is 327 g/mol. The minimum absolute atomic E-state index is 0.169. The zero-order chi connectivity index (χ0) is 17.4. The summed E-state index contributed by atoms with van der Waals surface area (Å²) in [7, 11) is 0. The van der Waals surface area contributed by atoms with E-state index in [0.29, 0.717) is 30.8 Å². The second-order valence-corrected chi connectivity index (χ2v) is 5.73. The van der Waals surface area contributed by atoms with E-state index in [0.717, 1.165) is 11.3 Å². The van der Waals surface area contributed by atoms with E-state index in [4.69, 9.17) is 4.52 Å². The van der Waals surface area contributed by atoms with Crippen LogP contribution in [0.1, 0.15) is 21.7 Å². The molecule has 126 valence electrons. The third-order valence-corrected chi connectivity index (χ3v) is 4.13. The molecule has 1 amide bonds. The van der Waals surface area contributed by atoms with Crippen molar-refractivity contribution in [3.63, 3.8) is 0 Å². The van der Waals surface area contributed by atoms with Crippen LogP contribution in [-0.4, -0.2) is 32.7 Å². The summed E-state index contributed by atoms with van der Waals surface area (Å²) in [5.74, 6) is -0.0897. The van der Waals surface area contributed by atoms with E-state index in [1.165, 1.54) is 24.3 Å². The van der Waals surface area contributed by atoms with Crippen molar-refractivity contribution in [1.29, 1.82) is 0 Å². The first-order valence-electron chi connectivity index (χ1n) is 7.70. The van der Waals surface area contributed by atoms with Crippen molar-refractivity contribution in [2.45, 2.75) is 13.0 Å². The second-order valence-electron chi connectivity index (χ2n) is 5.73. The molecule has 2 aromatic heterocycles. The van der Waals surface area contributed by atoms with Crippen LogP contribution in [0.4, 0.5) is 4.39 Å². The number of carbonyl (C=O) groups excluding carboxylic acids is 1. The fourth-order valence-corrected chi connectivity index (χ4v) is 2.84. The highest BCUT2D eigenvalue weighted by Gasteiger charge is 2.28. The Labute approximate surface area is 141 Å². The second kappa shape index (κ2) is 5.97. The molecule has 25 heavy (non-hydrogen) atoms. The van der Waals surface area contributed by atoms with E-state index in [2.05, 4.69) is 15.4 Å². The molecule has 0 unspecified atom stereocenters. The number of H-pyrrole nitrogens is 1. The van der Waals surface area contributed by atoms with Crippen molar-refractivity contribution in [2.75, 3.05) is 6.54 Å². The molecule has 1 N–H and O–H groups in total. The van der Waals surface area contributed by atoms with E-state index >= 15 is 0 Å². The number of fused-ring (bicyclic) bond motifs is 1. The van der Waals surface area contributed by atoms with Gasteiger partial charge in [-0.05, 0) is 30.3 Å². The number of hydrogen-bond donors (Lipinski definition) is 1. The number of amides is 1. The van der Waals surface area contributed by atoms with Crippen molar-refractivity contribution in [1.82, 2.24) is 20.3 Å². The number of halogens is 1. The lowest BCUT2D eigenvalue weighted by Gasteiger charge is -2.25. The van der Waals surface area contributed by atoms with Crippen LogP contribution >= 0.6 is 0 Å². The Bertz CT molecular complexity index is 973. The Morgan fingerprint density at radius 2 is 2.00 bits per heavy atom. The summed E-state index contributed by atoms with van der Waals surface area (Å²) in [5, 5.41) is 10.1. The summed E-state index contributed by atoms with van der Waals surface area (Å²) in [4.78, 5) is 25.3. The number of benzene rings is 1. The van der Waals surface area contributed by atoms with Gasteiger partial charge in [0.05, 0.1) is 12.2 Å². The number of nitrogens with zero attached hydrogens (tertiary/aromatic N) is 3. The fraction of sp³-hybridized carbons (Fsp3) is 0.176. The maximum atomic E-state index is 13.1. The summed E-state index contributed by atoms with van der Waals surface area (Å²) >= 11 is 0. The lowest BCUT2D eigenvalue weighted by Crippen LogP contribution is -2.36. The van der Waals surface area contributed by atoms with E-state index < -0.39 is 0 Å². The molecule has 0 spiro atoms. The van der Waals surface area contributed by atoms with E-state index in [9.17, 15) is 14.0 Å². The molecule has 0 aliphatic carbocycles. The lowest BCUT2D eigenvalue weighted by atomic mass is 10.0. The van der Waals surface area contributed by atoms with Gasteiger partial charge in [0.15, 0.2) is 5.76 Å². The molecule has 0 bridgehead atoms. The molecule has 3 aromatic rings. The van der Waals surface area contributed by atoms with Crippen molar-refractivity contribution < 1.29 is 13.7 Å². The lowest BCUT2D eigenvalue weighted by molar-refractivity contribution is 0.0727. The Balaban J connectivity index is 1.63. The van der Waals surface area contributed by atoms with Crippen LogP contribution in [0.2, 0.25) is 0 Å². The van der Waals surface area contributed by atoms with Crippen LogP contribution in [0.25, 0.3) is 11.3 Å². The van der Waals surface area contributed by atoms with Gasteiger partial charge in [-0.25, -0.2) is 9.49 Å². The summed E-state index contributed by atoms with van der Waals surface area (Å²) in [6.07, 6.45) is 0.551. The highest BCUT2D eigenvalue weighted by Crippen LogP contribution is 2.30. The molecule has 3 heterocycles. The number of rotatable bonds is 2. The maximum Gasteiger partial charge on any atom is 0.274 e. The molecule has 1 aliphatic heterocycles. The number of aromatic amines is 1. The summed E-state index contributed by atoms with van der Waals surface area (Å²) in [6, 6.07) is 8.57. The molecule has 1 aromatic carbocycles. The van der Waals surface area contributed by atoms with Gasteiger partial charge in [0.25, 0.3) is 11.5 Å². The normalized spacial score (nSPS) is 13.6. The Hall–Kier alpha value is -3.29. The molecule has 0 saturated heterocycles. The van der Waals surface area contributed by atoms with E-state index in [1.807, 2.05) is 0 Å². The molecule has 8 heteroatoms. The number of aromatic nitrogens is 3. The van der Waals surface area contributed by atoms with Gasteiger partial charge in [-0.2, -0.15) is 5.10 Å². The average molecular weight is 340 g/mol. The van der Waals surface area contributed by atoms with Crippen LogP contribution in [0.3, 0.4) is 0 Å². The Morgan fingerprint density at radius 3 is 2.72 bits per heavy atom. The zero-order valence-electron chi connectivity index (χ0n) is 13.0. The first-order valence-corrected chi connectivity index (χ1v) is 7.70. The molecular formula is C17H13FN4O3. The van der Waals surface area contributed by atoms with Crippen molar-refractivity contribution in [3.8, 4) is 11.3 Å². The van der Waals surface area contributed by atoms with Crippen LogP contribution in [0, 0.1) is 5.82 Å². The van der Waals surface area contributed by atoms with E-state index in [-0.39, 0.29) is 23.0 Å². The van der Waals surface area contributed by atoms with Crippen molar-refractivity contribution in [3.05, 3.63) is 69.5 Å². The monoisotopic (exact) mass is 340 g/mol. The third-order valence-electron chi connectivity index (χ3n) is 4.13. The van der Waals surface area contributed by atoms with Crippen molar-refractivity contribution in [2.24, 2.45) is 0 Å². The summed E-state index contributed by atoms with van der Waals surface area (Å²) in [6.45, 7) is 0.785. The highest BCUT2D eigenvalue weighted by molar-refractivity contribution is 5.92. The van der Waals surface area contributed by atoms with E-state index in [1.54, 1.807) is 17.0 Å². The number of hydrogen-bond acceptors (Lipinski definition) is 5. The molecule has 1 aliphatic rings. The number of nitrogens with one attached hydrogen (secondary N) is 1. The van der Waals surface area contributed by atoms with Gasteiger partial charge in [0, 0.05) is 30.2 Å². The maximum absolute atomic E-state index is 13.1. The molecule has 0 saturated carbocycles. The standard InChI is InChI=1S/C17H13FN4O3/c18-11-3-1-10(2-4-11)16-12-9-22(8-7-13(12)21-25-16)17(24)14-5-6-15(23)20-19-14/h1-6H,7-9H2,(H,20,23). The summed E-state index contributed by atoms with van der Waals surface area (Å²) in [5.41, 5.74) is 2.10. The minimum Gasteiger partial charge on any atom is -0.356 e. The molecule has 0 atom stereocenters. The fourth-order valence-electron chi connectivity index (χ4n) is 2.84. The Morgan fingerprint density at radius 1 is 1.20 bits per heavy atom. The first-order chi connectivity index (χ1) is 12.1. The molecule has 7 nitrogen and oxygen atoms in total. The van der Waals surface area contributed by atoms with Gasteiger partial charge >= 0.3 is 0 Å². The minimum atomic E-state index is -0.366. The van der Waals surface area contributed by atoms with Crippen LogP contribution in [0.5, 0.6) is 0 Å². The van der Waals surface area contributed by atoms with Crippen LogP contribution in [-0.2, 0) is 13.0 Å². The molecule has 0 fully saturated rings. The zero-order valence-corrected chi connectivity index (χ0v) is 13.0. The third kappa shape index (κ3) is 2.82. The van der Waals surface area contributed by atoms with Gasteiger partial charge in [-0.3, -0.25) is 9.59 Å². The topological polar surface area (TPSA) is 92.1 Å². The Kier molecular flexibility index (Phi) is 3.64. The van der Waals surface area contributed by atoms with Crippen LogP contribution < -0.4 is 5.56 Å². The van der Waals surface area contributed by atoms with Crippen LogP contribution in [0.15, 0.2) is 45.7 Å². The predicted octanol–water partition coefficient (Wildman–Crippen LogP) is 1.76. The SMILES string of the molecule is O=C(c1ccc(=O)[nH]n1)N1CCc2noc(-c3ccc(F)cc3)c2C1. The van der Waals surface area contributed by atoms with Gasteiger partial charge in [-0.1, -0.05) is 5.16 Å². The van der Waals surface area contributed by atoms with Gasteiger partial charge in [-0.15, -0.1) is 0 Å². The predicted molar refractivity (Wildman–Crippen MR) is 85.2 cm³/mol. The van der Waals surface area contributed by atoms with Gasteiger partial charge in [0.1, 0.15) is 11.5 Å². The molecule has 0 radical (unpaired) electrons. The highest BCUT2D eigenvalue weighted by atomic mass is 19.1. The van der Waals surface area contributed by atoms with Gasteiger partial charge < -0.3 is 9.42 Å². The quantitative estimate of drug-likeness (QED) is 0.767. The average Bonchev–Trinajstić information content (AvgIpc) is 3.05. The molecule has 4 rings (SSSR count).